The van der Waals surface area contributed by atoms with Crippen molar-refractivity contribution in [1.29, 1.82) is 0 Å². The SMILES string of the molecule is O=C(O)c1ccc(NC(=O)c2nnc(Cl)s2)cc1. The molecular weight excluding hydrogens is 278 g/mol. The molecule has 92 valence electrons. The van der Waals surface area contributed by atoms with Crippen LogP contribution in [0.4, 0.5) is 5.69 Å². The maximum atomic E-state index is 11.7. The zero-order valence-corrected chi connectivity index (χ0v) is 10.3. The zero-order valence-electron chi connectivity index (χ0n) is 8.75. The van der Waals surface area contributed by atoms with Gasteiger partial charge in [-0.05, 0) is 35.9 Å². The fourth-order valence-electron chi connectivity index (χ4n) is 1.18. The molecule has 0 fully saturated rings. The quantitative estimate of drug-likeness (QED) is 0.900. The van der Waals surface area contributed by atoms with E-state index in [1.807, 2.05) is 0 Å². The van der Waals surface area contributed by atoms with Crippen LogP contribution in [-0.4, -0.2) is 27.2 Å². The second kappa shape index (κ2) is 5.11. The van der Waals surface area contributed by atoms with Crippen LogP contribution in [0.1, 0.15) is 20.2 Å². The Hall–Kier alpha value is -1.99. The molecule has 0 saturated carbocycles. The summed E-state index contributed by atoms with van der Waals surface area (Å²) in [6.45, 7) is 0. The topological polar surface area (TPSA) is 92.2 Å². The Morgan fingerprint density at radius 3 is 2.39 bits per heavy atom. The van der Waals surface area contributed by atoms with Gasteiger partial charge < -0.3 is 10.4 Å². The van der Waals surface area contributed by atoms with E-state index in [0.717, 1.165) is 11.3 Å². The van der Waals surface area contributed by atoms with Crippen LogP contribution in [0.3, 0.4) is 0 Å². The number of carboxylic acids is 1. The van der Waals surface area contributed by atoms with Gasteiger partial charge in [-0.1, -0.05) is 11.3 Å². The standard InChI is InChI=1S/C10H6ClN3O3S/c11-10-14-13-8(18-10)7(15)12-6-3-1-5(2-4-6)9(16)17/h1-4H,(H,12,15)(H,16,17). The third-order valence-electron chi connectivity index (χ3n) is 1.98. The summed E-state index contributed by atoms with van der Waals surface area (Å²) in [7, 11) is 0. The molecule has 0 atom stereocenters. The van der Waals surface area contributed by atoms with Crippen molar-refractivity contribution in [3.63, 3.8) is 0 Å². The molecule has 2 aromatic rings. The molecule has 0 saturated heterocycles. The van der Waals surface area contributed by atoms with Crippen molar-refractivity contribution in [2.75, 3.05) is 5.32 Å². The first-order chi connectivity index (χ1) is 8.56. The number of nitrogens with zero attached hydrogens (tertiary/aromatic N) is 2. The molecule has 0 spiro atoms. The highest BCUT2D eigenvalue weighted by Gasteiger charge is 2.12. The number of carboxylic acid groups (broad SMARTS) is 1. The number of carbonyl (C=O) groups is 2. The van der Waals surface area contributed by atoms with E-state index in [-0.39, 0.29) is 15.0 Å². The molecule has 0 aliphatic carbocycles. The first kappa shape index (κ1) is 12.5. The normalized spacial score (nSPS) is 10.1. The van der Waals surface area contributed by atoms with Gasteiger partial charge in [0.2, 0.25) is 9.47 Å². The van der Waals surface area contributed by atoms with Gasteiger partial charge in [-0.3, -0.25) is 4.79 Å². The van der Waals surface area contributed by atoms with Crippen LogP contribution in [0.25, 0.3) is 0 Å². The summed E-state index contributed by atoms with van der Waals surface area (Å²) in [4.78, 5) is 22.3. The van der Waals surface area contributed by atoms with Crippen LogP contribution in [0.2, 0.25) is 4.47 Å². The molecule has 0 bridgehead atoms. The van der Waals surface area contributed by atoms with Crippen LogP contribution in [0.5, 0.6) is 0 Å². The summed E-state index contributed by atoms with van der Waals surface area (Å²) in [5.41, 5.74) is 0.614. The van der Waals surface area contributed by atoms with Crippen molar-refractivity contribution >= 4 is 40.5 Å². The second-order valence-corrected chi connectivity index (χ2v) is 4.76. The summed E-state index contributed by atoms with van der Waals surface area (Å²) < 4.78 is 0.182. The molecule has 1 amide bonds. The van der Waals surface area contributed by atoms with Gasteiger partial charge in [0.25, 0.3) is 5.91 Å². The Kier molecular flexibility index (Phi) is 3.54. The number of anilines is 1. The molecule has 2 N–H and O–H groups in total. The van der Waals surface area contributed by atoms with Crippen LogP contribution in [-0.2, 0) is 0 Å². The average Bonchev–Trinajstić information content (AvgIpc) is 2.76. The third-order valence-corrected chi connectivity index (χ3v) is 3.00. The average molecular weight is 284 g/mol. The van der Waals surface area contributed by atoms with Gasteiger partial charge in [0.1, 0.15) is 0 Å². The van der Waals surface area contributed by atoms with E-state index in [9.17, 15) is 9.59 Å². The number of hydrogen-bond donors (Lipinski definition) is 2. The number of amides is 1. The summed E-state index contributed by atoms with van der Waals surface area (Å²) >= 11 is 6.52. The molecule has 0 radical (unpaired) electrons. The Morgan fingerprint density at radius 1 is 1.22 bits per heavy atom. The van der Waals surface area contributed by atoms with Crippen molar-refractivity contribution in [3.05, 3.63) is 39.3 Å². The smallest absolute Gasteiger partial charge is 0.335 e. The predicted octanol–water partition coefficient (Wildman–Crippen LogP) is 2.14. The van der Waals surface area contributed by atoms with Crippen LogP contribution >= 0.6 is 22.9 Å². The van der Waals surface area contributed by atoms with Crippen molar-refractivity contribution in [3.8, 4) is 0 Å². The Bertz CT molecular complexity index is 597. The van der Waals surface area contributed by atoms with Crippen LogP contribution < -0.4 is 5.32 Å². The second-order valence-electron chi connectivity index (χ2n) is 3.20. The van der Waals surface area contributed by atoms with Gasteiger partial charge in [0, 0.05) is 5.69 Å². The van der Waals surface area contributed by atoms with E-state index in [1.165, 1.54) is 24.3 Å². The van der Waals surface area contributed by atoms with Gasteiger partial charge >= 0.3 is 5.97 Å². The maximum Gasteiger partial charge on any atom is 0.335 e. The van der Waals surface area contributed by atoms with Crippen molar-refractivity contribution in [2.45, 2.75) is 0 Å². The molecule has 0 aliphatic heterocycles. The van der Waals surface area contributed by atoms with Gasteiger partial charge in [0.15, 0.2) is 0 Å². The lowest BCUT2D eigenvalue weighted by Gasteiger charge is -2.02. The lowest BCUT2D eigenvalue weighted by molar-refractivity contribution is 0.0696. The molecule has 1 aromatic heterocycles. The molecule has 1 heterocycles. The van der Waals surface area contributed by atoms with E-state index < -0.39 is 11.9 Å². The number of aromatic nitrogens is 2. The molecule has 18 heavy (non-hydrogen) atoms. The van der Waals surface area contributed by atoms with Crippen LogP contribution in [0, 0.1) is 0 Å². The van der Waals surface area contributed by atoms with Gasteiger partial charge in [-0.15, -0.1) is 10.2 Å². The maximum absolute atomic E-state index is 11.7. The van der Waals surface area contributed by atoms with Crippen molar-refractivity contribution < 1.29 is 14.7 Å². The number of hydrogen-bond acceptors (Lipinski definition) is 5. The summed E-state index contributed by atoms with van der Waals surface area (Å²) in [5.74, 6) is -1.47. The minimum Gasteiger partial charge on any atom is -0.478 e. The van der Waals surface area contributed by atoms with E-state index in [2.05, 4.69) is 15.5 Å². The molecule has 0 aliphatic rings. The Morgan fingerprint density at radius 2 is 1.89 bits per heavy atom. The minimum atomic E-state index is -1.02. The summed E-state index contributed by atoms with van der Waals surface area (Å²) in [6, 6.07) is 5.77. The largest absolute Gasteiger partial charge is 0.478 e. The Balaban J connectivity index is 2.10. The first-order valence-corrected chi connectivity index (χ1v) is 5.89. The van der Waals surface area contributed by atoms with Crippen molar-refractivity contribution in [1.82, 2.24) is 10.2 Å². The van der Waals surface area contributed by atoms with Crippen LogP contribution in [0.15, 0.2) is 24.3 Å². The first-order valence-electron chi connectivity index (χ1n) is 4.70. The highest BCUT2D eigenvalue weighted by Crippen LogP contribution is 2.17. The predicted molar refractivity (Wildman–Crippen MR) is 66.3 cm³/mol. The lowest BCUT2D eigenvalue weighted by atomic mass is 10.2. The number of nitrogens with one attached hydrogen (secondary N) is 1. The summed E-state index contributed by atoms with van der Waals surface area (Å²) in [5, 5.41) is 18.5. The van der Waals surface area contributed by atoms with Crippen molar-refractivity contribution in [2.24, 2.45) is 0 Å². The fourth-order valence-corrected chi connectivity index (χ4v) is 1.90. The Labute approximate surface area is 110 Å². The fraction of sp³-hybridized carbons (Fsp3) is 0. The zero-order chi connectivity index (χ0) is 13.1. The van der Waals surface area contributed by atoms with Gasteiger partial charge in [-0.2, -0.15) is 0 Å². The number of halogens is 1. The van der Waals surface area contributed by atoms with E-state index in [4.69, 9.17) is 16.7 Å². The van der Waals surface area contributed by atoms with Gasteiger partial charge in [0.05, 0.1) is 5.56 Å². The highest BCUT2D eigenvalue weighted by molar-refractivity contribution is 7.17. The molecular formula is C10H6ClN3O3S. The monoisotopic (exact) mass is 283 g/mol. The third kappa shape index (κ3) is 2.82. The molecule has 8 heteroatoms. The van der Waals surface area contributed by atoms with E-state index >= 15 is 0 Å². The summed E-state index contributed by atoms with van der Waals surface area (Å²) in [6.07, 6.45) is 0. The number of rotatable bonds is 3. The number of aromatic carboxylic acids is 1. The lowest BCUT2D eigenvalue weighted by Crippen LogP contribution is -2.11. The minimum absolute atomic E-state index is 0.141. The van der Waals surface area contributed by atoms with E-state index in [0.29, 0.717) is 5.69 Å². The highest BCUT2D eigenvalue weighted by atomic mass is 35.5. The number of carbonyl (C=O) groups excluding carboxylic acids is 1. The van der Waals surface area contributed by atoms with E-state index in [1.54, 1.807) is 0 Å². The number of benzene rings is 1. The van der Waals surface area contributed by atoms with Gasteiger partial charge in [-0.25, -0.2) is 4.79 Å². The molecule has 1 aromatic carbocycles. The molecule has 0 unspecified atom stereocenters. The molecule has 2 rings (SSSR count). The molecule has 6 nitrogen and oxygen atoms in total.